The number of hydrogen-bond donors (Lipinski definition) is 1. The van der Waals surface area contributed by atoms with Gasteiger partial charge in [0.1, 0.15) is 17.3 Å². The second-order valence-electron chi connectivity index (χ2n) is 5.18. The molecule has 1 amide bonds. The Balaban J connectivity index is 1.83. The molecule has 1 fully saturated rings. The Morgan fingerprint density at radius 1 is 1.14 bits per heavy atom. The predicted molar refractivity (Wildman–Crippen MR) is 79.0 cm³/mol. The summed E-state index contributed by atoms with van der Waals surface area (Å²) in [5.74, 6) is -1.50. The van der Waals surface area contributed by atoms with Crippen molar-refractivity contribution in [3.8, 4) is 0 Å². The largest absolute Gasteiger partial charge is 0.349 e. The average molecular weight is 303 g/mol. The molecule has 0 radical (unpaired) electrons. The molecule has 0 bridgehead atoms. The van der Waals surface area contributed by atoms with Gasteiger partial charge in [0.2, 0.25) is 0 Å². The number of rotatable bonds is 3. The minimum atomic E-state index is -0.698. The molecule has 1 aliphatic heterocycles. The van der Waals surface area contributed by atoms with Gasteiger partial charge in [0, 0.05) is 19.3 Å². The summed E-state index contributed by atoms with van der Waals surface area (Å²) in [6.45, 7) is 1.47. The maximum Gasteiger partial charge on any atom is 0.255 e. The van der Waals surface area contributed by atoms with Gasteiger partial charge in [0.25, 0.3) is 5.91 Å². The van der Waals surface area contributed by atoms with Crippen molar-refractivity contribution in [2.45, 2.75) is 12.8 Å². The van der Waals surface area contributed by atoms with Crippen molar-refractivity contribution < 1.29 is 13.6 Å². The van der Waals surface area contributed by atoms with Crippen LogP contribution in [0, 0.1) is 11.6 Å². The van der Waals surface area contributed by atoms with Crippen molar-refractivity contribution >= 4 is 17.3 Å². The van der Waals surface area contributed by atoms with E-state index in [0.29, 0.717) is 11.3 Å². The molecule has 1 saturated heterocycles. The fourth-order valence-electron chi connectivity index (χ4n) is 2.49. The summed E-state index contributed by atoms with van der Waals surface area (Å²) in [4.78, 5) is 18.0. The SMILES string of the molecule is O=C(c1cncc(Nc2c(F)cccc2F)c1)N1CCCC1. The van der Waals surface area contributed by atoms with Crippen LogP contribution in [0.5, 0.6) is 0 Å². The number of hydrogen-bond acceptors (Lipinski definition) is 3. The first-order valence-electron chi connectivity index (χ1n) is 7.10. The summed E-state index contributed by atoms with van der Waals surface area (Å²) in [6, 6.07) is 5.18. The number of carbonyl (C=O) groups excluding carboxylic acids is 1. The molecule has 0 aliphatic carbocycles. The Morgan fingerprint density at radius 2 is 1.82 bits per heavy atom. The number of amides is 1. The lowest BCUT2D eigenvalue weighted by atomic mass is 10.2. The molecule has 4 nitrogen and oxygen atoms in total. The normalized spacial score (nSPS) is 14.2. The zero-order valence-corrected chi connectivity index (χ0v) is 11.9. The highest BCUT2D eigenvalue weighted by Crippen LogP contribution is 2.23. The van der Waals surface area contributed by atoms with Gasteiger partial charge >= 0.3 is 0 Å². The van der Waals surface area contributed by atoms with Crippen molar-refractivity contribution in [1.29, 1.82) is 0 Å². The number of anilines is 2. The number of para-hydroxylation sites is 1. The molecule has 1 aromatic heterocycles. The molecule has 2 aromatic rings. The second-order valence-corrected chi connectivity index (χ2v) is 5.18. The third-order valence-electron chi connectivity index (χ3n) is 3.61. The highest BCUT2D eigenvalue weighted by molar-refractivity contribution is 5.95. The van der Waals surface area contributed by atoms with Crippen molar-refractivity contribution in [2.75, 3.05) is 18.4 Å². The van der Waals surface area contributed by atoms with Crippen molar-refractivity contribution in [3.05, 3.63) is 53.9 Å². The zero-order valence-electron chi connectivity index (χ0n) is 11.9. The summed E-state index contributed by atoms with van der Waals surface area (Å²) in [5.41, 5.74) is 0.521. The van der Waals surface area contributed by atoms with E-state index < -0.39 is 11.6 Å². The number of halogens is 2. The lowest BCUT2D eigenvalue weighted by molar-refractivity contribution is 0.0792. The summed E-state index contributed by atoms with van der Waals surface area (Å²) < 4.78 is 27.3. The molecule has 1 aromatic carbocycles. The van der Waals surface area contributed by atoms with Crippen LogP contribution in [0.1, 0.15) is 23.2 Å². The van der Waals surface area contributed by atoms with Crippen LogP contribution in [-0.2, 0) is 0 Å². The highest BCUT2D eigenvalue weighted by atomic mass is 19.1. The van der Waals surface area contributed by atoms with E-state index in [0.717, 1.165) is 38.1 Å². The molecule has 0 saturated carbocycles. The topological polar surface area (TPSA) is 45.2 Å². The van der Waals surface area contributed by atoms with E-state index in [2.05, 4.69) is 10.3 Å². The van der Waals surface area contributed by atoms with E-state index >= 15 is 0 Å². The van der Waals surface area contributed by atoms with E-state index in [4.69, 9.17) is 0 Å². The number of aromatic nitrogens is 1. The van der Waals surface area contributed by atoms with Crippen LogP contribution in [0.3, 0.4) is 0 Å². The van der Waals surface area contributed by atoms with E-state index in [9.17, 15) is 13.6 Å². The predicted octanol–water partition coefficient (Wildman–Crippen LogP) is 3.34. The summed E-state index contributed by atoms with van der Waals surface area (Å²) in [6.07, 6.45) is 4.88. The number of likely N-dealkylation sites (tertiary alicyclic amines) is 1. The van der Waals surface area contributed by atoms with Gasteiger partial charge in [-0.1, -0.05) is 6.07 Å². The minimum absolute atomic E-state index is 0.109. The summed E-state index contributed by atoms with van der Waals surface area (Å²) in [5, 5.41) is 2.64. The Kier molecular flexibility index (Phi) is 4.00. The van der Waals surface area contributed by atoms with Gasteiger partial charge in [-0.05, 0) is 31.0 Å². The monoisotopic (exact) mass is 303 g/mol. The van der Waals surface area contributed by atoms with Gasteiger partial charge in [-0.15, -0.1) is 0 Å². The third kappa shape index (κ3) is 2.90. The van der Waals surface area contributed by atoms with Crippen LogP contribution in [0.15, 0.2) is 36.7 Å². The molecule has 22 heavy (non-hydrogen) atoms. The molecule has 0 atom stereocenters. The first kappa shape index (κ1) is 14.4. The number of nitrogens with one attached hydrogen (secondary N) is 1. The average Bonchev–Trinajstić information content (AvgIpc) is 3.05. The molecule has 0 unspecified atom stereocenters. The maximum atomic E-state index is 13.6. The van der Waals surface area contributed by atoms with Crippen molar-refractivity contribution in [1.82, 2.24) is 9.88 Å². The lowest BCUT2D eigenvalue weighted by Crippen LogP contribution is -2.27. The quantitative estimate of drug-likeness (QED) is 0.946. The number of nitrogens with zero attached hydrogens (tertiary/aromatic N) is 2. The van der Waals surface area contributed by atoms with Gasteiger partial charge in [0.15, 0.2) is 0 Å². The Bertz CT molecular complexity index is 679. The van der Waals surface area contributed by atoms with Gasteiger partial charge in [-0.2, -0.15) is 0 Å². The molecular weight excluding hydrogens is 288 g/mol. The number of benzene rings is 1. The third-order valence-corrected chi connectivity index (χ3v) is 3.61. The van der Waals surface area contributed by atoms with Crippen LogP contribution in [0.2, 0.25) is 0 Å². The van der Waals surface area contributed by atoms with Crippen LogP contribution in [0.25, 0.3) is 0 Å². The standard InChI is InChI=1S/C16H15F2N3O/c17-13-4-3-5-14(18)15(13)20-12-8-11(9-19-10-12)16(22)21-6-1-2-7-21/h3-5,8-10,20H,1-2,6-7H2. The smallest absolute Gasteiger partial charge is 0.255 e. The minimum Gasteiger partial charge on any atom is -0.349 e. The van der Waals surface area contributed by atoms with Crippen LogP contribution < -0.4 is 5.32 Å². The van der Waals surface area contributed by atoms with E-state index in [1.807, 2.05) is 0 Å². The summed E-state index contributed by atoms with van der Waals surface area (Å²) >= 11 is 0. The van der Waals surface area contributed by atoms with Crippen molar-refractivity contribution in [2.24, 2.45) is 0 Å². The molecule has 114 valence electrons. The van der Waals surface area contributed by atoms with Crippen LogP contribution >= 0.6 is 0 Å². The van der Waals surface area contributed by atoms with Crippen molar-refractivity contribution in [3.63, 3.8) is 0 Å². The zero-order chi connectivity index (χ0) is 15.5. The van der Waals surface area contributed by atoms with Gasteiger partial charge in [-0.25, -0.2) is 8.78 Å². The number of pyridine rings is 1. The molecule has 3 rings (SSSR count). The van der Waals surface area contributed by atoms with Gasteiger partial charge < -0.3 is 10.2 Å². The first-order chi connectivity index (χ1) is 10.6. The lowest BCUT2D eigenvalue weighted by Gasteiger charge is -2.15. The van der Waals surface area contributed by atoms with Gasteiger partial charge in [-0.3, -0.25) is 9.78 Å². The fraction of sp³-hybridized carbons (Fsp3) is 0.250. The molecular formula is C16H15F2N3O. The Labute approximate surface area is 126 Å². The fourth-order valence-corrected chi connectivity index (χ4v) is 2.49. The van der Waals surface area contributed by atoms with Gasteiger partial charge in [0.05, 0.1) is 17.4 Å². The van der Waals surface area contributed by atoms with E-state index in [-0.39, 0.29) is 11.6 Å². The Morgan fingerprint density at radius 3 is 2.50 bits per heavy atom. The second kappa shape index (κ2) is 6.09. The molecule has 2 heterocycles. The van der Waals surface area contributed by atoms with Crippen LogP contribution in [-0.4, -0.2) is 28.9 Å². The first-order valence-corrected chi connectivity index (χ1v) is 7.10. The molecule has 0 spiro atoms. The number of carbonyl (C=O) groups is 1. The van der Waals surface area contributed by atoms with Crippen LogP contribution in [0.4, 0.5) is 20.2 Å². The maximum absolute atomic E-state index is 13.6. The molecule has 1 aliphatic rings. The highest BCUT2D eigenvalue weighted by Gasteiger charge is 2.20. The molecule has 1 N–H and O–H groups in total. The van der Waals surface area contributed by atoms with E-state index in [1.165, 1.54) is 18.5 Å². The summed E-state index contributed by atoms with van der Waals surface area (Å²) in [7, 11) is 0. The Hall–Kier alpha value is -2.50. The van der Waals surface area contributed by atoms with E-state index in [1.54, 1.807) is 11.0 Å². The molecule has 6 heteroatoms.